The van der Waals surface area contributed by atoms with Crippen LogP contribution in [0.25, 0.3) is 0 Å². The first-order valence-electron chi connectivity index (χ1n) is 6.00. The van der Waals surface area contributed by atoms with Crippen molar-refractivity contribution in [3.05, 3.63) is 64.4 Å². The molecule has 1 atom stereocenters. The molecule has 2 nitrogen and oxygen atoms in total. The Bertz CT molecular complexity index is 552. The van der Waals surface area contributed by atoms with Crippen molar-refractivity contribution in [3.8, 4) is 5.75 Å². The summed E-state index contributed by atoms with van der Waals surface area (Å²) in [6.07, 6.45) is 0. The minimum absolute atomic E-state index is 0.0786. The Balaban J connectivity index is 2.19. The van der Waals surface area contributed by atoms with Gasteiger partial charge in [-0.2, -0.15) is 0 Å². The molecule has 2 N–H and O–H groups in total. The first kappa shape index (κ1) is 13.8. The second-order valence-corrected chi connectivity index (χ2v) is 4.72. The lowest BCUT2D eigenvalue weighted by Crippen LogP contribution is -2.08. The average Bonchev–Trinajstić information content (AvgIpc) is 2.38. The molecule has 0 saturated heterocycles. The highest BCUT2D eigenvalue weighted by Crippen LogP contribution is 2.26. The van der Waals surface area contributed by atoms with Crippen LogP contribution in [0.2, 0.25) is 5.02 Å². The van der Waals surface area contributed by atoms with Crippen molar-refractivity contribution in [2.45, 2.75) is 19.6 Å². The smallest absolute Gasteiger partial charge is 0.131 e. The van der Waals surface area contributed by atoms with Gasteiger partial charge in [-0.3, -0.25) is 0 Å². The maximum absolute atomic E-state index is 13.6. The summed E-state index contributed by atoms with van der Waals surface area (Å²) < 4.78 is 19.3. The van der Waals surface area contributed by atoms with Crippen molar-refractivity contribution in [1.29, 1.82) is 0 Å². The fourth-order valence-electron chi connectivity index (χ4n) is 1.81. The lowest BCUT2D eigenvalue weighted by Gasteiger charge is -2.14. The predicted molar refractivity (Wildman–Crippen MR) is 74.8 cm³/mol. The monoisotopic (exact) mass is 279 g/mol. The number of hydrogen-bond donors (Lipinski definition) is 1. The second-order valence-electron chi connectivity index (χ2n) is 4.32. The fourth-order valence-corrected chi connectivity index (χ4v) is 2.03. The van der Waals surface area contributed by atoms with Crippen LogP contribution in [0, 0.1) is 5.82 Å². The number of rotatable bonds is 4. The van der Waals surface area contributed by atoms with Gasteiger partial charge in [0.05, 0.1) is 5.02 Å². The highest BCUT2D eigenvalue weighted by Gasteiger charge is 2.11. The quantitative estimate of drug-likeness (QED) is 0.915. The van der Waals surface area contributed by atoms with Crippen molar-refractivity contribution >= 4 is 11.6 Å². The Morgan fingerprint density at radius 3 is 2.63 bits per heavy atom. The van der Waals surface area contributed by atoms with Crippen molar-refractivity contribution in [1.82, 2.24) is 0 Å². The Hall–Kier alpha value is -1.58. The summed E-state index contributed by atoms with van der Waals surface area (Å²) in [4.78, 5) is 0. The Morgan fingerprint density at radius 2 is 1.95 bits per heavy atom. The summed E-state index contributed by atoms with van der Waals surface area (Å²) >= 11 is 5.95. The van der Waals surface area contributed by atoms with Gasteiger partial charge in [-0.1, -0.05) is 35.9 Å². The third kappa shape index (κ3) is 3.25. The number of halogens is 2. The standard InChI is InChI=1S/C15H15ClFNO/c1-10(18)11-5-2-3-8-15(11)19-9-12-13(16)6-4-7-14(12)17/h2-8,10H,9,18H2,1H3/t10-/m0/s1. The van der Waals surface area contributed by atoms with E-state index in [0.717, 1.165) is 5.56 Å². The molecule has 0 aliphatic carbocycles. The predicted octanol–water partition coefficient (Wildman–Crippen LogP) is 4.08. The molecule has 100 valence electrons. The molecule has 0 radical (unpaired) electrons. The van der Waals surface area contributed by atoms with Gasteiger partial charge in [0.25, 0.3) is 0 Å². The molecule has 0 unspecified atom stereocenters. The molecule has 0 fully saturated rings. The minimum Gasteiger partial charge on any atom is -0.488 e. The zero-order valence-electron chi connectivity index (χ0n) is 10.6. The summed E-state index contributed by atoms with van der Waals surface area (Å²) in [7, 11) is 0. The molecule has 0 aliphatic rings. The van der Waals surface area contributed by atoms with Gasteiger partial charge in [-0.25, -0.2) is 4.39 Å². The molecule has 0 amide bonds. The van der Waals surface area contributed by atoms with Crippen LogP contribution in [0.4, 0.5) is 4.39 Å². The first-order valence-corrected chi connectivity index (χ1v) is 6.37. The fraction of sp³-hybridized carbons (Fsp3) is 0.200. The Labute approximate surface area is 117 Å². The summed E-state index contributed by atoms with van der Waals surface area (Å²) in [5.74, 6) is 0.280. The summed E-state index contributed by atoms with van der Waals surface area (Å²) in [5, 5.41) is 0.360. The van der Waals surface area contributed by atoms with Gasteiger partial charge in [0, 0.05) is 17.2 Å². The van der Waals surface area contributed by atoms with Crippen molar-refractivity contribution in [2.75, 3.05) is 0 Å². The van der Waals surface area contributed by atoms with E-state index in [1.807, 2.05) is 31.2 Å². The molecule has 2 aromatic carbocycles. The molecule has 0 aliphatic heterocycles. The van der Waals surface area contributed by atoms with Crippen LogP contribution in [-0.4, -0.2) is 0 Å². The van der Waals surface area contributed by atoms with Gasteiger partial charge in [0.15, 0.2) is 0 Å². The maximum atomic E-state index is 13.6. The molecule has 2 aromatic rings. The summed E-state index contributed by atoms with van der Waals surface area (Å²) in [6, 6.07) is 11.9. The van der Waals surface area contributed by atoms with E-state index < -0.39 is 0 Å². The van der Waals surface area contributed by atoms with Crippen molar-refractivity contribution in [2.24, 2.45) is 5.73 Å². The molecule has 0 bridgehead atoms. The van der Waals surface area contributed by atoms with Crippen LogP contribution in [0.15, 0.2) is 42.5 Å². The number of benzene rings is 2. The molecule has 0 saturated carbocycles. The lowest BCUT2D eigenvalue weighted by atomic mass is 10.1. The topological polar surface area (TPSA) is 35.2 Å². The summed E-state index contributed by atoms with van der Waals surface area (Å²) in [5.41, 5.74) is 7.10. The molecule has 0 heterocycles. The molecule has 19 heavy (non-hydrogen) atoms. The van der Waals surface area contributed by atoms with Crippen LogP contribution < -0.4 is 10.5 Å². The first-order chi connectivity index (χ1) is 9.09. The molecular weight excluding hydrogens is 265 g/mol. The zero-order chi connectivity index (χ0) is 13.8. The van der Waals surface area contributed by atoms with Crippen LogP contribution in [-0.2, 0) is 6.61 Å². The van der Waals surface area contributed by atoms with Gasteiger partial charge in [0.2, 0.25) is 0 Å². The van der Waals surface area contributed by atoms with E-state index >= 15 is 0 Å². The van der Waals surface area contributed by atoms with Crippen molar-refractivity contribution < 1.29 is 9.13 Å². The maximum Gasteiger partial charge on any atom is 0.131 e. The van der Waals surface area contributed by atoms with Gasteiger partial charge in [-0.15, -0.1) is 0 Å². The molecule has 0 aromatic heterocycles. The SMILES string of the molecule is C[C@H](N)c1ccccc1OCc1c(F)cccc1Cl. The van der Waals surface area contributed by atoms with E-state index in [0.29, 0.717) is 16.3 Å². The second kappa shape index (κ2) is 6.04. The molecule has 0 spiro atoms. The number of ether oxygens (including phenoxy) is 1. The van der Waals surface area contributed by atoms with E-state index in [4.69, 9.17) is 22.1 Å². The van der Waals surface area contributed by atoms with E-state index in [9.17, 15) is 4.39 Å². The Kier molecular flexibility index (Phi) is 4.40. The lowest BCUT2D eigenvalue weighted by molar-refractivity contribution is 0.295. The van der Waals surface area contributed by atoms with E-state index in [2.05, 4.69) is 0 Å². The van der Waals surface area contributed by atoms with Crippen LogP contribution in [0.5, 0.6) is 5.75 Å². The number of nitrogens with two attached hydrogens (primary N) is 1. The van der Waals surface area contributed by atoms with Crippen LogP contribution in [0.3, 0.4) is 0 Å². The average molecular weight is 280 g/mol. The zero-order valence-corrected chi connectivity index (χ0v) is 11.3. The Morgan fingerprint density at radius 1 is 1.21 bits per heavy atom. The third-order valence-electron chi connectivity index (χ3n) is 2.84. The largest absolute Gasteiger partial charge is 0.488 e. The van der Waals surface area contributed by atoms with Crippen molar-refractivity contribution in [3.63, 3.8) is 0 Å². The number of hydrogen-bond acceptors (Lipinski definition) is 2. The van der Waals surface area contributed by atoms with Gasteiger partial charge in [0.1, 0.15) is 18.2 Å². The van der Waals surface area contributed by atoms with Gasteiger partial charge in [-0.05, 0) is 25.1 Å². The minimum atomic E-state index is -0.370. The molecule has 4 heteroatoms. The number of para-hydroxylation sites is 1. The van der Waals surface area contributed by atoms with Crippen LogP contribution in [0.1, 0.15) is 24.1 Å². The van der Waals surface area contributed by atoms with E-state index in [-0.39, 0.29) is 18.5 Å². The third-order valence-corrected chi connectivity index (χ3v) is 3.20. The highest BCUT2D eigenvalue weighted by atomic mass is 35.5. The van der Waals surface area contributed by atoms with Gasteiger partial charge < -0.3 is 10.5 Å². The normalized spacial score (nSPS) is 12.2. The van der Waals surface area contributed by atoms with E-state index in [1.54, 1.807) is 12.1 Å². The summed E-state index contributed by atoms with van der Waals surface area (Å²) in [6.45, 7) is 1.95. The van der Waals surface area contributed by atoms with Gasteiger partial charge >= 0.3 is 0 Å². The molecule has 2 rings (SSSR count). The molecular formula is C15H15ClFNO. The van der Waals surface area contributed by atoms with E-state index in [1.165, 1.54) is 6.07 Å². The highest BCUT2D eigenvalue weighted by molar-refractivity contribution is 6.31. The van der Waals surface area contributed by atoms with Crippen LogP contribution >= 0.6 is 11.6 Å².